The van der Waals surface area contributed by atoms with Gasteiger partial charge in [-0.15, -0.1) is 0 Å². The summed E-state index contributed by atoms with van der Waals surface area (Å²) in [5.74, 6) is -3.11. The maximum absolute atomic E-state index is 12.6. The molecule has 1 spiro atoms. The van der Waals surface area contributed by atoms with Crippen LogP contribution in [-0.4, -0.2) is 23.6 Å². The predicted molar refractivity (Wildman–Crippen MR) is 85.0 cm³/mol. The summed E-state index contributed by atoms with van der Waals surface area (Å²) >= 11 is 0. The van der Waals surface area contributed by atoms with E-state index in [4.69, 9.17) is 0 Å². The molecule has 2 aromatic carbocycles. The second-order valence-electron chi connectivity index (χ2n) is 5.76. The van der Waals surface area contributed by atoms with Gasteiger partial charge in [0.2, 0.25) is 0 Å². The number of aryl methyl sites for hydroxylation is 1. The molecule has 2 saturated heterocycles. The van der Waals surface area contributed by atoms with E-state index in [0.29, 0.717) is 16.9 Å². The summed E-state index contributed by atoms with van der Waals surface area (Å²) in [6.45, 7) is 1.75. The molecular formula is C18H12N2O4. The standard InChI is InChI=1S/C18H12N2O4/c1-11-7-5-6-10-13(11)20-16(23)18(17(20)24)14(21)19(15(18)22)12-8-3-2-4-9-12/h2-10H,1H3. The van der Waals surface area contributed by atoms with Gasteiger partial charge in [-0.1, -0.05) is 36.4 Å². The minimum atomic E-state index is -2.18. The molecule has 6 nitrogen and oxygen atoms in total. The maximum atomic E-state index is 12.6. The van der Waals surface area contributed by atoms with Crippen molar-refractivity contribution in [3.8, 4) is 0 Å². The van der Waals surface area contributed by atoms with E-state index in [0.717, 1.165) is 9.80 Å². The molecule has 0 atom stereocenters. The van der Waals surface area contributed by atoms with Crippen molar-refractivity contribution in [1.29, 1.82) is 0 Å². The van der Waals surface area contributed by atoms with Gasteiger partial charge in [-0.2, -0.15) is 0 Å². The van der Waals surface area contributed by atoms with Crippen LogP contribution in [0.1, 0.15) is 5.56 Å². The summed E-state index contributed by atoms with van der Waals surface area (Å²) in [6, 6.07) is 15.1. The number of imide groups is 2. The van der Waals surface area contributed by atoms with E-state index in [-0.39, 0.29) is 0 Å². The number of carbonyl (C=O) groups excluding carboxylic acids is 4. The van der Waals surface area contributed by atoms with Crippen molar-refractivity contribution in [2.75, 3.05) is 9.80 Å². The zero-order valence-corrected chi connectivity index (χ0v) is 12.7. The molecule has 0 radical (unpaired) electrons. The fraction of sp³-hybridized carbons (Fsp3) is 0.111. The summed E-state index contributed by atoms with van der Waals surface area (Å²) < 4.78 is 0. The number of rotatable bonds is 2. The predicted octanol–water partition coefficient (Wildman–Crippen LogP) is 1.43. The molecule has 0 aromatic heterocycles. The Labute approximate surface area is 137 Å². The molecule has 118 valence electrons. The second kappa shape index (κ2) is 4.61. The third-order valence-electron chi connectivity index (χ3n) is 4.47. The lowest BCUT2D eigenvalue weighted by molar-refractivity contribution is -0.169. The first-order valence-electron chi connectivity index (χ1n) is 7.40. The van der Waals surface area contributed by atoms with Gasteiger partial charge in [-0.3, -0.25) is 19.2 Å². The average Bonchev–Trinajstić information content (AvgIpc) is 2.58. The van der Waals surface area contributed by atoms with E-state index in [2.05, 4.69) is 0 Å². The Balaban J connectivity index is 1.69. The Morgan fingerprint density at radius 3 is 1.75 bits per heavy atom. The molecule has 0 unspecified atom stereocenters. The van der Waals surface area contributed by atoms with Crippen LogP contribution in [0.4, 0.5) is 11.4 Å². The molecule has 2 aliphatic rings. The number of para-hydroxylation sites is 2. The minimum absolute atomic E-state index is 0.355. The van der Waals surface area contributed by atoms with Gasteiger partial charge >= 0.3 is 0 Å². The van der Waals surface area contributed by atoms with E-state index >= 15 is 0 Å². The molecule has 6 heteroatoms. The van der Waals surface area contributed by atoms with Crippen LogP contribution in [-0.2, 0) is 19.2 Å². The molecule has 4 amide bonds. The van der Waals surface area contributed by atoms with Crippen molar-refractivity contribution in [1.82, 2.24) is 0 Å². The first-order valence-corrected chi connectivity index (χ1v) is 7.40. The first-order chi connectivity index (χ1) is 11.5. The van der Waals surface area contributed by atoms with Gasteiger partial charge in [0.15, 0.2) is 0 Å². The van der Waals surface area contributed by atoms with Crippen molar-refractivity contribution >= 4 is 35.0 Å². The lowest BCUT2D eigenvalue weighted by Crippen LogP contribution is -2.85. The van der Waals surface area contributed by atoms with Crippen LogP contribution in [0.5, 0.6) is 0 Å². The first kappa shape index (κ1) is 14.3. The van der Waals surface area contributed by atoms with Crippen LogP contribution < -0.4 is 9.80 Å². The summed E-state index contributed by atoms with van der Waals surface area (Å²) in [6.07, 6.45) is 0. The molecule has 0 N–H and O–H groups in total. The molecule has 2 aromatic rings. The van der Waals surface area contributed by atoms with E-state index in [9.17, 15) is 19.2 Å². The lowest BCUT2D eigenvalue weighted by Gasteiger charge is -2.52. The Morgan fingerprint density at radius 1 is 0.667 bits per heavy atom. The number of carbonyl (C=O) groups is 4. The zero-order chi connectivity index (χ0) is 17.1. The highest BCUT2D eigenvalue weighted by molar-refractivity contribution is 6.64. The van der Waals surface area contributed by atoms with E-state index in [1.807, 2.05) is 0 Å². The van der Waals surface area contributed by atoms with Crippen LogP contribution in [0.2, 0.25) is 0 Å². The summed E-state index contributed by atoms with van der Waals surface area (Å²) in [4.78, 5) is 51.9. The number of β-lactam (4-membered cyclic amide) rings is 4. The van der Waals surface area contributed by atoms with Gasteiger partial charge in [-0.25, -0.2) is 9.80 Å². The highest BCUT2D eigenvalue weighted by Gasteiger charge is 2.80. The zero-order valence-electron chi connectivity index (χ0n) is 12.7. The van der Waals surface area contributed by atoms with Crippen molar-refractivity contribution < 1.29 is 19.2 Å². The van der Waals surface area contributed by atoms with Crippen LogP contribution in [0.3, 0.4) is 0 Å². The van der Waals surface area contributed by atoms with E-state index in [1.54, 1.807) is 61.5 Å². The van der Waals surface area contributed by atoms with Gasteiger partial charge in [0, 0.05) is 0 Å². The number of nitrogens with zero attached hydrogens (tertiary/aromatic N) is 2. The molecule has 0 saturated carbocycles. The topological polar surface area (TPSA) is 74.8 Å². The van der Waals surface area contributed by atoms with Crippen molar-refractivity contribution in [3.05, 3.63) is 60.2 Å². The quantitative estimate of drug-likeness (QED) is 0.620. The lowest BCUT2D eigenvalue weighted by atomic mass is 9.68. The highest BCUT2D eigenvalue weighted by Crippen LogP contribution is 2.48. The summed E-state index contributed by atoms with van der Waals surface area (Å²) in [5, 5.41) is 0. The molecule has 2 aliphatic heterocycles. The summed E-state index contributed by atoms with van der Waals surface area (Å²) in [7, 11) is 0. The molecule has 0 aliphatic carbocycles. The van der Waals surface area contributed by atoms with Gasteiger partial charge in [-0.05, 0) is 30.7 Å². The monoisotopic (exact) mass is 320 g/mol. The number of hydrogen-bond acceptors (Lipinski definition) is 4. The number of anilines is 2. The molecule has 2 heterocycles. The van der Waals surface area contributed by atoms with E-state index < -0.39 is 29.0 Å². The Morgan fingerprint density at radius 2 is 1.17 bits per heavy atom. The Kier molecular flexibility index (Phi) is 2.75. The van der Waals surface area contributed by atoms with Crippen LogP contribution in [0, 0.1) is 12.3 Å². The summed E-state index contributed by atoms with van der Waals surface area (Å²) in [5.41, 5.74) is -0.712. The molecule has 0 bridgehead atoms. The molecular weight excluding hydrogens is 308 g/mol. The van der Waals surface area contributed by atoms with Gasteiger partial charge < -0.3 is 0 Å². The minimum Gasteiger partial charge on any atom is -0.272 e. The fourth-order valence-electron chi connectivity index (χ4n) is 3.14. The number of hydrogen-bond donors (Lipinski definition) is 0. The number of benzene rings is 2. The maximum Gasteiger partial charge on any atom is 0.286 e. The van der Waals surface area contributed by atoms with Crippen LogP contribution in [0.25, 0.3) is 0 Å². The Bertz CT molecular complexity index is 886. The van der Waals surface area contributed by atoms with E-state index in [1.165, 1.54) is 0 Å². The van der Waals surface area contributed by atoms with Gasteiger partial charge in [0.1, 0.15) is 0 Å². The third kappa shape index (κ3) is 1.45. The SMILES string of the molecule is Cc1ccccc1N1C(=O)C2(C(=O)N(c3ccccc3)C2=O)C1=O. The smallest absolute Gasteiger partial charge is 0.272 e. The largest absolute Gasteiger partial charge is 0.286 e. The molecule has 2 fully saturated rings. The van der Waals surface area contributed by atoms with Crippen LogP contribution >= 0.6 is 0 Å². The van der Waals surface area contributed by atoms with Crippen molar-refractivity contribution in [2.45, 2.75) is 6.92 Å². The van der Waals surface area contributed by atoms with Crippen LogP contribution in [0.15, 0.2) is 54.6 Å². The number of amides is 4. The Hall–Kier alpha value is -3.28. The normalized spacial score (nSPS) is 18.7. The fourth-order valence-corrected chi connectivity index (χ4v) is 3.14. The average molecular weight is 320 g/mol. The molecule has 24 heavy (non-hydrogen) atoms. The van der Waals surface area contributed by atoms with Gasteiger partial charge in [0.05, 0.1) is 11.4 Å². The highest BCUT2D eigenvalue weighted by atomic mass is 16.2. The third-order valence-corrected chi connectivity index (χ3v) is 4.47. The van der Waals surface area contributed by atoms with Crippen molar-refractivity contribution in [3.63, 3.8) is 0 Å². The molecule has 4 rings (SSSR count). The van der Waals surface area contributed by atoms with Crippen molar-refractivity contribution in [2.24, 2.45) is 5.41 Å². The second-order valence-corrected chi connectivity index (χ2v) is 5.76. The van der Waals surface area contributed by atoms with Gasteiger partial charge in [0.25, 0.3) is 29.0 Å².